The molecule has 7 nitrogen and oxygen atoms in total. The van der Waals surface area contributed by atoms with Crippen LogP contribution >= 0.6 is 11.3 Å². The van der Waals surface area contributed by atoms with E-state index in [0.717, 1.165) is 10.6 Å². The molecule has 0 fully saturated rings. The highest BCUT2D eigenvalue weighted by atomic mass is 32.1. The fraction of sp³-hybridized carbons (Fsp3) is 0.167. The van der Waals surface area contributed by atoms with Gasteiger partial charge in [0.2, 0.25) is 0 Å². The number of carbonyl (C=O) groups excluding carboxylic acids is 2. The minimum absolute atomic E-state index is 0.154. The minimum atomic E-state index is -0.381. The largest absolute Gasteiger partial charge is 0.333 e. The summed E-state index contributed by atoms with van der Waals surface area (Å²) in [5.74, 6) is -0.911. The Bertz CT molecular complexity index is 991. The average Bonchev–Trinajstić information content (AvgIpc) is 3.10. The first-order chi connectivity index (χ1) is 13.1. The number of carbonyl (C=O) groups is 2. The van der Waals surface area contributed by atoms with Crippen LogP contribution in [0.2, 0.25) is 0 Å². The van der Waals surface area contributed by atoms with Crippen molar-refractivity contribution in [3.63, 3.8) is 0 Å². The first-order valence-electron chi connectivity index (χ1n) is 8.21. The quantitative estimate of drug-likeness (QED) is 0.751. The molecule has 0 unspecified atom stereocenters. The SMILES string of the molecule is O=C(Nc1nc2c(s1)CN(C(=O)c1ccc(F)cc1)CC2)c1cnccn1. The molecule has 9 heteroatoms. The topological polar surface area (TPSA) is 88.1 Å². The van der Waals surface area contributed by atoms with E-state index in [1.54, 1.807) is 4.90 Å². The van der Waals surface area contributed by atoms with Crippen molar-refractivity contribution in [3.8, 4) is 0 Å². The Hall–Kier alpha value is -3.20. The van der Waals surface area contributed by atoms with Crippen molar-refractivity contribution in [1.82, 2.24) is 19.9 Å². The molecule has 2 amide bonds. The van der Waals surface area contributed by atoms with Crippen LogP contribution in [0.4, 0.5) is 9.52 Å². The van der Waals surface area contributed by atoms with E-state index in [2.05, 4.69) is 20.3 Å². The van der Waals surface area contributed by atoms with Crippen molar-refractivity contribution in [2.24, 2.45) is 0 Å². The van der Waals surface area contributed by atoms with E-state index >= 15 is 0 Å². The summed E-state index contributed by atoms with van der Waals surface area (Å²) in [5.41, 5.74) is 1.52. The van der Waals surface area contributed by atoms with E-state index < -0.39 is 0 Å². The molecular weight excluding hydrogens is 369 g/mol. The van der Waals surface area contributed by atoms with Crippen LogP contribution in [0.3, 0.4) is 0 Å². The van der Waals surface area contributed by atoms with Crippen molar-refractivity contribution in [1.29, 1.82) is 0 Å². The third-order valence-corrected chi connectivity index (χ3v) is 5.12. The smallest absolute Gasteiger partial charge is 0.277 e. The lowest BCUT2D eigenvalue weighted by atomic mass is 10.1. The number of benzene rings is 1. The zero-order valence-corrected chi connectivity index (χ0v) is 14.9. The maximum atomic E-state index is 13.0. The normalized spacial score (nSPS) is 13.1. The summed E-state index contributed by atoms with van der Waals surface area (Å²) in [5, 5.41) is 3.18. The fourth-order valence-corrected chi connectivity index (χ4v) is 3.79. The van der Waals surface area contributed by atoms with E-state index in [9.17, 15) is 14.0 Å². The predicted molar refractivity (Wildman–Crippen MR) is 96.9 cm³/mol. The predicted octanol–water partition coefficient (Wildman–Crippen LogP) is 2.52. The van der Waals surface area contributed by atoms with Crippen molar-refractivity contribution in [2.75, 3.05) is 11.9 Å². The van der Waals surface area contributed by atoms with E-state index in [4.69, 9.17) is 0 Å². The number of rotatable bonds is 3. The zero-order valence-electron chi connectivity index (χ0n) is 14.1. The van der Waals surface area contributed by atoms with Crippen LogP contribution in [-0.2, 0) is 13.0 Å². The Morgan fingerprint density at radius 3 is 2.74 bits per heavy atom. The molecule has 0 bridgehead atoms. The van der Waals surface area contributed by atoms with Crippen LogP contribution in [0.5, 0.6) is 0 Å². The maximum Gasteiger partial charge on any atom is 0.277 e. The first kappa shape index (κ1) is 17.2. The molecule has 0 aliphatic carbocycles. The monoisotopic (exact) mass is 383 g/mol. The molecule has 1 aliphatic rings. The van der Waals surface area contributed by atoms with Crippen LogP contribution in [0.25, 0.3) is 0 Å². The number of aromatic nitrogens is 3. The van der Waals surface area contributed by atoms with Gasteiger partial charge in [-0.2, -0.15) is 0 Å². The molecule has 2 aromatic heterocycles. The summed E-state index contributed by atoms with van der Waals surface area (Å²) < 4.78 is 13.0. The first-order valence-corrected chi connectivity index (χ1v) is 9.02. The van der Waals surface area contributed by atoms with Gasteiger partial charge >= 0.3 is 0 Å². The Labute approximate surface area is 157 Å². The van der Waals surface area contributed by atoms with Gasteiger partial charge in [0.15, 0.2) is 5.13 Å². The number of nitrogens with one attached hydrogen (secondary N) is 1. The number of nitrogens with zero attached hydrogens (tertiary/aromatic N) is 4. The van der Waals surface area contributed by atoms with Gasteiger partial charge in [-0.25, -0.2) is 14.4 Å². The van der Waals surface area contributed by atoms with Crippen LogP contribution in [0, 0.1) is 5.82 Å². The van der Waals surface area contributed by atoms with Crippen LogP contribution < -0.4 is 5.32 Å². The Morgan fingerprint density at radius 1 is 1.19 bits per heavy atom. The number of fused-ring (bicyclic) bond motifs is 1. The number of anilines is 1. The van der Waals surface area contributed by atoms with Crippen molar-refractivity contribution in [2.45, 2.75) is 13.0 Å². The highest BCUT2D eigenvalue weighted by molar-refractivity contribution is 7.15. The lowest BCUT2D eigenvalue weighted by Crippen LogP contribution is -2.35. The van der Waals surface area contributed by atoms with Crippen molar-refractivity contribution in [3.05, 3.63) is 70.5 Å². The lowest BCUT2D eigenvalue weighted by Gasteiger charge is -2.26. The maximum absolute atomic E-state index is 13.0. The van der Waals surface area contributed by atoms with Crippen LogP contribution in [0.15, 0.2) is 42.9 Å². The molecule has 0 radical (unpaired) electrons. The lowest BCUT2D eigenvalue weighted by molar-refractivity contribution is 0.0736. The molecule has 0 atom stereocenters. The summed E-state index contributed by atoms with van der Waals surface area (Å²) >= 11 is 1.33. The summed E-state index contributed by atoms with van der Waals surface area (Å²) in [6.07, 6.45) is 4.91. The average molecular weight is 383 g/mol. The Balaban J connectivity index is 1.47. The molecule has 1 aromatic carbocycles. The summed E-state index contributed by atoms with van der Waals surface area (Å²) in [6.45, 7) is 0.925. The second-order valence-electron chi connectivity index (χ2n) is 5.92. The van der Waals surface area contributed by atoms with Gasteiger partial charge in [0.25, 0.3) is 11.8 Å². The summed E-state index contributed by atoms with van der Waals surface area (Å²) in [7, 11) is 0. The number of thiazole rings is 1. The van der Waals surface area contributed by atoms with Gasteiger partial charge in [0, 0.05) is 35.8 Å². The molecule has 1 aliphatic heterocycles. The number of amides is 2. The second kappa shape index (κ2) is 7.20. The zero-order chi connectivity index (χ0) is 18.8. The number of halogens is 1. The molecule has 3 aromatic rings. The van der Waals surface area contributed by atoms with Crippen molar-refractivity contribution >= 4 is 28.3 Å². The Kier molecular flexibility index (Phi) is 4.59. The highest BCUT2D eigenvalue weighted by Gasteiger charge is 2.25. The van der Waals surface area contributed by atoms with E-state index in [-0.39, 0.29) is 23.3 Å². The molecular formula is C18H14FN5O2S. The van der Waals surface area contributed by atoms with Crippen LogP contribution in [0.1, 0.15) is 31.4 Å². The molecule has 1 N–H and O–H groups in total. The van der Waals surface area contributed by atoms with Gasteiger partial charge in [-0.15, -0.1) is 0 Å². The molecule has 0 saturated carbocycles. The number of hydrogen-bond donors (Lipinski definition) is 1. The molecule has 0 saturated heterocycles. The molecule has 27 heavy (non-hydrogen) atoms. The van der Waals surface area contributed by atoms with Gasteiger partial charge < -0.3 is 4.90 Å². The third-order valence-electron chi connectivity index (χ3n) is 4.13. The van der Waals surface area contributed by atoms with Gasteiger partial charge in [0.05, 0.1) is 18.4 Å². The highest BCUT2D eigenvalue weighted by Crippen LogP contribution is 2.29. The third kappa shape index (κ3) is 3.68. The van der Waals surface area contributed by atoms with Crippen molar-refractivity contribution < 1.29 is 14.0 Å². The molecule has 0 spiro atoms. The molecule has 136 valence electrons. The standard InChI is InChI=1S/C18H14FN5O2S/c19-12-3-1-11(2-4-12)17(26)24-8-5-13-15(10-24)27-18(22-13)23-16(25)14-9-20-6-7-21-14/h1-4,6-7,9H,5,8,10H2,(H,22,23,25). The molecule has 4 rings (SSSR count). The Morgan fingerprint density at radius 2 is 2.00 bits per heavy atom. The van der Waals surface area contributed by atoms with Gasteiger partial charge in [-0.3, -0.25) is 19.9 Å². The van der Waals surface area contributed by atoms with Gasteiger partial charge in [-0.1, -0.05) is 11.3 Å². The van der Waals surface area contributed by atoms with E-state index in [0.29, 0.717) is 30.2 Å². The summed E-state index contributed by atoms with van der Waals surface area (Å²) in [4.78, 5) is 39.6. The van der Waals surface area contributed by atoms with Gasteiger partial charge in [0.1, 0.15) is 11.5 Å². The molecule has 3 heterocycles. The number of hydrogen-bond acceptors (Lipinski definition) is 6. The second-order valence-corrected chi connectivity index (χ2v) is 7.00. The van der Waals surface area contributed by atoms with E-state index in [1.807, 2.05) is 0 Å². The fourth-order valence-electron chi connectivity index (χ4n) is 2.77. The summed E-state index contributed by atoms with van der Waals surface area (Å²) in [6, 6.07) is 5.50. The van der Waals surface area contributed by atoms with Gasteiger partial charge in [-0.05, 0) is 24.3 Å². The van der Waals surface area contributed by atoms with E-state index in [1.165, 1.54) is 54.2 Å². The minimum Gasteiger partial charge on any atom is -0.333 e. The van der Waals surface area contributed by atoms with Crippen LogP contribution in [-0.4, -0.2) is 38.2 Å².